The summed E-state index contributed by atoms with van der Waals surface area (Å²) in [5.74, 6) is 1.92. The third kappa shape index (κ3) is 5.48. The molecule has 4 rings (SSSR count). The van der Waals surface area contributed by atoms with Crippen LogP contribution in [0.2, 0.25) is 0 Å². The second kappa shape index (κ2) is 11.1. The maximum atomic E-state index is 12.6. The van der Waals surface area contributed by atoms with Crippen LogP contribution in [0.1, 0.15) is 25.8 Å². The number of nitrogens with zero attached hydrogens (tertiary/aromatic N) is 3. The molecule has 0 saturated heterocycles. The molecule has 0 saturated carbocycles. The van der Waals surface area contributed by atoms with E-state index in [0.29, 0.717) is 60.0 Å². The standard InChI is InChI=1S/C25H26N4O5S/c1-4-22-28-29-23(26)17(24(30)27-25(29)35-22)14-16-10-11-20(21(15-16)32-5-2)34-13-12-33-19-9-7-6-8-18(19)31-3/h6-11,14-15,26H,4-5,12-13H2,1-3H3/b17-14+,26-23?. The van der Waals surface area contributed by atoms with Crippen molar-refractivity contribution in [3.63, 3.8) is 0 Å². The number of carbonyl (C=O) groups is 1. The van der Waals surface area contributed by atoms with Gasteiger partial charge >= 0.3 is 0 Å². The van der Waals surface area contributed by atoms with Crippen molar-refractivity contribution in [2.75, 3.05) is 26.9 Å². The number of hydrogen-bond acceptors (Lipinski definition) is 8. The van der Waals surface area contributed by atoms with Gasteiger partial charge in [-0.25, -0.2) is 0 Å². The van der Waals surface area contributed by atoms with Crippen LogP contribution in [0.25, 0.3) is 6.08 Å². The van der Waals surface area contributed by atoms with Crippen molar-refractivity contribution >= 4 is 39.8 Å². The summed E-state index contributed by atoms with van der Waals surface area (Å²) >= 11 is 1.31. The van der Waals surface area contributed by atoms with E-state index in [2.05, 4.69) is 10.1 Å². The van der Waals surface area contributed by atoms with Gasteiger partial charge in [-0.15, -0.1) is 0 Å². The van der Waals surface area contributed by atoms with Gasteiger partial charge in [-0.2, -0.15) is 15.1 Å². The van der Waals surface area contributed by atoms with Crippen molar-refractivity contribution < 1.29 is 23.7 Å². The lowest BCUT2D eigenvalue weighted by Gasteiger charge is -2.20. The van der Waals surface area contributed by atoms with E-state index in [4.69, 9.17) is 24.4 Å². The molecule has 2 aromatic carbocycles. The molecule has 0 atom stereocenters. The highest BCUT2D eigenvalue weighted by Crippen LogP contribution is 2.32. The predicted octanol–water partition coefficient (Wildman–Crippen LogP) is 4.58. The van der Waals surface area contributed by atoms with Gasteiger partial charge in [0, 0.05) is 0 Å². The third-order valence-corrected chi connectivity index (χ3v) is 6.10. The number of benzene rings is 2. The number of amidine groups is 2. The summed E-state index contributed by atoms with van der Waals surface area (Å²) in [4.78, 5) is 16.7. The summed E-state index contributed by atoms with van der Waals surface area (Å²) < 4.78 is 22.7. The van der Waals surface area contributed by atoms with Crippen molar-refractivity contribution in [3.8, 4) is 23.0 Å². The Balaban J connectivity index is 1.46. The van der Waals surface area contributed by atoms with Gasteiger partial charge in [0.25, 0.3) is 5.91 Å². The van der Waals surface area contributed by atoms with Gasteiger partial charge in [-0.3, -0.25) is 10.2 Å². The van der Waals surface area contributed by atoms with Gasteiger partial charge in [-0.1, -0.05) is 25.1 Å². The number of para-hydroxylation sites is 2. The summed E-state index contributed by atoms with van der Waals surface area (Å²) in [5, 5.41) is 15.5. The Morgan fingerprint density at radius 1 is 1.00 bits per heavy atom. The van der Waals surface area contributed by atoms with Crippen LogP contribution in [0.5, 0.6) is 23.0 Å². The molecule has 0 aliphatic carbocycles. The minimum atomic E-state index is -0.465. The predicted molar refractivity (Wildman–Crippen MR) is 137 cm³/mol. The third-order valence-electron chi connectivity index (χ3n) is 5.04. The van der Waals surface area contributed by atoms with Crippen LogP contribution >= 0.6 is 11.8 Å². The molecule has 0 aromatic heterocycles. The smallest absolute Gasteiger partial charge is 0.283 e. The number of fused-ring (bicyclic) bond motifs is 1. The lowest BCUT2D eigenvalue weighted by atomic mass is 10.1. The first-order chi connectivity index (χ1) is 17.0. The molecule has 2 heterocycles. The molecule has 0 radical (unpaired) electrons. The fourth-order valence-corrected chi connectivity index (χ4v) is 4.21. The van der Waals surface area contributed by atoms with Gasteiger partial charge in [0.1, 0.15) is 18.3 Å². The average Bonchev–Trinajstić information content (AvgIpc) is 3.29. The number of nitrogens with one attached hydrogen (secondary N) is 1. The maximum Gasteiger partial charge on any atom is 0.283 e. The largest absolute Gasteiger partial charge is 0.493 e. The van der Waals surface area contributed by atoms with Crippen LogP contribution in [0.3, 0.4) is 0 Å². The molecular formula is C25H26N4O5S. The van der Waals surface area contributed by atoms with Gasteiger partial charge in [-0.05, 0) is 61.0 Å². The number of hydrazone groups is 1. The Morgan fingerprint density at radius 3 is 2.40 bits per heavy atom. The number of aliphatic imine (C=N–C) groups is 1. The van der Waals surface area contributed by atoms with Crippen LogP contribution in [0.4, 0.5) is 0 Å². The zero-order valence-electron chi connectivity index (χ0n) is 19.7. The monoisotopic (exact) mass is 494 g/mol. The van der Waals surface area contributed by atoms with Crippen LogP contribution in [-0.4, -0.2) is 53.9 Å². The lowest BCUT2D eigenvalue weighted by Crippen LogP contribution is -2.35. The number of ether oxygens (including phenoxy) is 4. The van der Waals surface area contributed by atoms with E-state index in [1.807, 2.05) is 38.1 Å². The topological polar surface area (TPSA) is 106 Å². The van der Waals surface area contributed by atoms with Gasteiger partial charge in [0.05, 0.1) is 19.3 Å². The van der Waals surface area contributed by atoms with Crippen molar-refractivity contribution in [2.24, 2.45) is 10.1 Å². The molecule has 9 nitrogen and oxygen atoms in total. The van der Waals surface area contributed by atoms with E-state index in [1.165, 1.54) is 16.8 Å². The molecule has 0 fully saturated rings. The highest BCUT2D eigenvalue weighted by molar-refractivity contribution is 8.26. The SMILES string of the molecule is CCOc1cc(/C=C2\C(=N)N3N=C(CC)SC3=NC2=O)ccc1OCCOc1ccccc1OC. The molecule has 0 bridgehead atoms. The molecule has 2 aromatic rings. The summed E-state index contributed by atoms with van der Waals surface area (Å²) in [7, 11) is 1.59. The summed E-state index contributed by atoms with van der Waals surface area (Å²) in [6.45, 7) is 4.90. The van der Waals surface area contributed by atoms with E-state index < -0.39 is 5.91 Å². The number of methoxy groups -OCH3 is 1. The Labute approximate surface area is 207 Å². The molecule has 0 unspecified atom stereocenters. The number of carbonyl (C=O) groups excluding carboxylic acids is 1. The van der Waals surface area contributed by atoms with Crippen molar-refractivity contribution in [1.82, 2.24) is 5.01 Å². The van der Waals surface area contributed by atoms with Crippen LogP contribution in [0, 0.1) is 5.41 Å². The summed E-state index contributed by atoms with van der Waals surface area (Å²) in [5.41, 5.74) is 0.848. The highest BCUT2D eigenvalue weighted by Gasteiger charge is 2.35. The second-order valence-electron chi connectivity index (χ2n) is 7.35. The molecule has 182 valence electrons. The fourth-order valence-electron chi connectivity index (χ4n) is 3.38. The van der Waals surface area contributed by atoms with E-state index in [-0.39, 0.29) is 11.4 Å². The Kier molecular flexibility index (Phi) is 7.71. The van der Waals surface area contributed by atoms with Gasteiger partial charge in [0.15, 0.2) is 28.8 Å². The Morgan fingerprint density at radius 2 is 1.71 bits per heavy atom. The molecular weight excluding hydrogens is 468 g/mol. The lowest BCUT2D eigenvalue weighted by molar-refractivity contribution is -0.114. The number of rotatable bonds is 10. The zero-order valence-corrected chi connectivity index (χ0v) is 20.6. The first-order valence-electron chi connectivity index (χ1n) is 11.2. The summed E-state index contributed by atoms with van der Waals surface area (Å²) in [6.07, 6.45) is 2.33. The fraction of sp³-hybridized carbons (Fsp3) is 0.280. The minimum Gasteiger partial charge on any atom is -0.493 e. The Bertz CT molecular complexity index is 1220. The van der Waals surface area contributed by atoms with Crippen molar-refractivity contribution in [3.05, 3.63) is 53.6 Å². The zero-order chi connectivity index (χ0) is 24.8. The van der Waals surface area contributed by atoms with E-state index >= 15 is 0 Å². The minimum absolute atomic E-state index is 0.00252. The molecule has 10 heteroatoms. The van der Waals surface area contributed by atoms with E-state index in [9.17, 15) is 4.79 Å². The first kappa shape index (κ1) is 24.3. The number of thioether (sulfide) groups is 1. The quantitative estimate of drug-likeness (QED) is 0.381. The summed E-state index contributed by atoms with van der Waals surface area (Å²) in [6, 6.07) is 12.7. The molecule has 0 spiro atoms. The van der Waals surface area contributed by atoms with Crippen molar-refractivity contribution in [2.45, 2.75) is 20.3 Å². The molecule has 1 amide bonds. The number of amides is 1. The van der Waals surface area contributed by atoms with Gasteiger partial charge < -0.3 is 18.9 Å². The highest BCUT2D eigenvalue weighted by atomic mass is 32.2. The van der Waals surface area contributed by atoms with Crippen LogP contribution in [0.15, 0.2) is 58.1 Å². The normalized spacial score (nSPS) is 16.1. The second-order valence-corrected chi connectivity index (χ2v) is 8.39. The van der Waals surface area contributed by atoms with Crippen LogP contribution in [-0.2, 0) is 4.79 Å². The van der Waals surface area contributed by atoms with E-state index in [0.717, 1.165) is 5.04 Å². The maximum absolute atomic E-state index is 12.6. The van der Waals surface area contributed by atoms with Crippen LogP contribution < -0.4 is 18.9 Å². The van der Waals surface area contributed by atoms with Gasteiger partial charge in [0.2, 0.25) is 5.17 Å². The number of hydrogen-bond donors (Lipinski definition) is 1. The molecule has 2 aliphatic heterocycles. The first-order valence-corrected chi connectivity index (χ1v) is 12.0. The van der Waals surface area contributed by atoms with E-state index in [1.54, 1.807) is 31.4 Å². The Hall–Kier alpha value is -3.79. The average molecular weight is 495 g/mol. The molecule has 2 aliphatic rings. The molecule has 1 N–H and O–H groups in total. The molecule has 35 heavy (non-hydrogen) atoms. The van der Waals surface area contributed by atoms with Crippen molar-refractivity contribution in [1.29, 1.82) is 5.41 Å².